The average Bonchev–Trinajstić information content (AvgIpc) is 3.02. The third-order valence-electron chi connectivity index (χ3n) is 3.53. The molecule has 0 aromatic carbocycles. The highest BCUT2D eigenvalue weighted by Gasteiger charge is 2.24. The summed E-state index contributed by atoms with van der Waals surface area (Å²) in [6, 6.07) is 3.75. The molecule has 2 bridgehead atoms. The number of fused-ring (bicyclic) bond motifs is 2. The fraction of sp³-hybridized carbons (Fsp3) is 0.429. The van der Waals surface area contributed by atoms with Crippen molar-refractivity contribution in [1.29, 1.82) is 0 Å². The summed E-state index contributed by atoms with van der Waals surface area (Å²) in [5, 5.41) is 3.21. The predicted octanol–water partition coefficient (Wildman–Crippen LogP) is 2.35. The fourth-order valence-corrected chi connectivity index (χ4v) is 2.59. The third kappa shape index (κ3) is 2.28. The zero-order valence-electron chi connectivity index (χ0n) is 10.9. The number of anilines is 1. The Morgan fingerprint density at radius 2 is 2.47 bits per heavy atom. The maximum Gasteiger partial charge on any atom is 0.349 e. The van der Waals surface area contributed by atoms with Crippen LogP contribution in [0.1, 0.15) is 37.0 Å². The molecule has 0 fully saturated rings. The Morgan fingerprint density at radius 3 is 3.21 bits per heavy atom. The molecule has 0 amide bonds. The Kier molecular flexibility index (Phi) is 3.11. The van der Waals surface area contributed by atoms with Crippen molar-refractivity contribution < 1.29 is 4.42 Å². The van der Waals surface area contributed by atoms with Crippen LogP contribution in [0.3, 0.4) is 0 Å². The Morgan fingerprint density at radius 1 is 1.58 bits per heavy atom. The summed E-state index contributed by atoms with van der Waals surface area (Å²) in [5.41, 5.74) is 0.970. The van der Waals surface area contributed by atoms with Crippen molar-refractivity contribution in [1.82, 2.24) is 9.55 Å². The van der Waals surface area contributed by atoms with Gasteiger partial charge in [-0.3, -0.25) is 4.57 Å². The molecule has 2 aromatic heterocycles. The number of hydrogen-bond acceptors (Lipinski definition) is 4. The number of nitrogens with one attached hydrogen (secondary N) is 1. The molecule has 5 nitrogen and oxygen atoms in total. The van der Waals surface area contributed by atoms with Crippen LogP contribution in [0.2, 0.25) is 0 Å². The van der Waals surface area contributed by atoms with Crippen molar-refractivity contribution >= 4 is 5.82 Å². The van der Waals surface area contributed by atoms with Crippen molar-refractivity contribution in [2.75, 3.05) is 5.32 Å². The van der Waals surface area contributed by atoms with Gasteiger partial charge in [0.2, 0.25) is 0 Å². The van der Waals surface area contributed by atoms with E-state index in [1.807, 2.05) is 18.3 Å². The minimum atomic E-state index is -0.177. The lowest BCUT2D eigenvalue weighted by molar-refractivity contribution is 0.517. The van der Waals surface area contributed by atoms with E-state index >= 15 is 0 Å². The molecule has 5 heteroatoms. The lowest BCUT2D eigenvalue weighted by Gasteiger charge is -2.11. The van der Waals surface area contributed by atoms with E-state index in [1.165, 1.54) is 0 Å². The fourth-order valence-electron chi connectivity index (χ4n) is 2.59. The molecule has 100 valence electrons. The van der Waals surface area contributed by atoms with Crippen LogP contribution >= 0.6 is 0 Å². The zero-order chi connectivity index (χ0) is 13.2. The molecule has 1 atom stereocenters. The van der Waals surface area contributed by atoms with Gasteiger partial charge in [0.25, 0.3) is 0 Å². The van der Waals surface area contributed by atoms with Crippen LogP contribution in [0.5, 0.6) is 0 Å². The molecule has 1 aliphatic rings. The highest BCUT2D eigenvalue weighted by atomic mass is 16.3. The molecule has 1 unspecified atom stereocenters. The first-order valence-corrected chi connectivity index (χ1v) is 6.65. The molecule has 0 spiro atoms. The van der Waals surface area contributed by atoms with Gasteiger partial charge in [0.1, 0.15) is 11.6 Å². The first-order valence-electron chi connectivity index (χ1n) is 6.65. The van der Waals surface area contributed by atoms with Crippen molar-refractivity contribution in [2.45, 2.75) is 38.8 Å². The second-order valence-corrected chi connectivity index (χ2v) is 4.90. The molecule has 0 aliphatic carbocycles. The van der Waals surface area contributed by atoms with Gasteiger partial charge in [0.05, 0.1) is 12.8 Å². The summed E-state index contributed by atoms with van der Waals surface area (Å²) in [7, 11) is 0. The summed E-state index contributed by atoms with van der Waals surface area (Å²) in [6.45, 7) is 3.47. The molecule has 3 rings (SSSR count). The monoisotopic (exact) mass is 259 g/mol. The third-order valence-corrected chi connectivity index (χ3v) is 3.53. The number of nitrogens with zero attached hydrogens (tertiary/aromatic N) is 2. The normalized spacial score (nSPS) is 16.8. The number of furan rings is 1. The van der Waals surface area contributed by atoms with E-state index in [-0.39, 0.29) is 5.69 Å². The average molecular weight is 259 g/mol. The van der Waals surface area contributed by atoms with Gasteiger partial charge >= 0.3 is 5.69 Å². The molecule has 19 heavy (non-hydrogen) atoms. The number of hydrogen-bond donors (Lipinski definition) is 1. The zero-order valence-corrected chi connectivity index (χ0v) is 10.9. The topological polar surface area (TPSA) is 60.1 Å². The van der Waals surface area contributed by atoms with Crippen LogP contribution in [0, 0.1) is 0 Å². The predicted molar refractivity (Wildman–Crippen MR) is 72.2 cm³/mol. The second kappa shape index (κ2) is 4.91. The second-order valence-electron chi connectivity index (χ2n) is 4.90. The van der Waals surface area contributed by atoms with E-state index in [0.29, 0.717) is 18.3 Å². The van der Waals surface area contributed by atoms with Gasteiger partial charge in [0, 0.05) is 24.2 Å². The molecule has 0 radical (unpaired) electrons. The highest BCUT2D eigenvalue weighted by molar-refractivity contribution is 5.46. The summed E-state index contributed by atoms with van der Waals surface area (Å²) in [4.78, 5) is 15.9. The summed E-state index contributed by atoms with van der Waals surface area (Å²) in [6.07, 6.45) is 5.76. The molecule has 3 heterocycles. The lowest BCUT2D eigenvalue weighted by atomic mass is 9.99. The smallest absolute Gasteiger partial charge is 0.349 e. The van der Waals surface area contributed by atoms with Crippen LogP contribution < -0.4 is 11.0 Å². The van der Waals surface area contributed by atoms with E-state index in [4.69, 9.17) is 4.42 Å². The molecule has 1 N–H and O–H groups in total. The van der Waals surface area contributed by atoms with E-state index in [1.54, 1.807) is 10.8 Å². The molecule has 1 aliphatic heterocycles. The van der Waals surface area contributed by atoms with Crippen LogP contribution in [0.15, 0.2) is 33.8 Å². The molecule has 0 saturated heterocycles. The van der Waals surface area contributed by atoms with Crippen LogP contribution in [0.4, 0.5) is 5.82 Å². The molecule has 2 aromatic rings. The standard InChI is InChI=1S/C14H17N3O2/c1-2-4-10-8-17-9-12(10)13(16-14(17)18)15-7-11-5-3-6-19-11/h3,5-6,9-10H,2,4,7-8H2,1H3,(H,15,16,18). The van der Waals surface area contributed by atoms with Gasteiger partial charge in [-0.2, -0.15) is 4.98 Å². The van der Waals surface area contributed by atoms with Gasteiger partial charge in [-0.05, 0) is 18.6 Å². The van der Waals surface area contributed by atoms with Crippen LogP contribution in [0.25, 0.3) is 0 Å². The van der Waals surface area contributed by atoms with E-state index in [0.717, 1.165) is 30.7 Å². The van der Waals surface area contributed by atoms with E-state index < -0.39 is 0 Å². The van der Waals surface area contributed by atoms with Crippen molar-refractivity contribution in [3.8, 4) is 0 Å². The molecular formula is C14H17N3O2. The quantitative estimate of drug-likeness (QED) is 0.895. The Bertz CT molecular complexity index is 616. The minimum Gasteiger partial charge on any atom is -0.467 e. The summed E-state index contributed by atoms with van der Waals surface area (Å²) < 4.78 is 6.97. The van der Waals surface area contributed by atoms with Crippen LogP contribution in [-0.4, -0.2) is 9.55 Å². The van der Waals surface area contributed by atoms with Crippen LogP contribution in [-0.2, 0) is 13.1 Å². The first-order chi connectivity index (χ1) is 9.28. The summed E-state index contributed by atoms with van der Waals surface area (Å²) in [5.74, 6) is 1.94. The van der Waals surface area contributed by atoms with Gasteiger partial charge < -0.3 is 9.73 Å². The highest BCUT2D eigenvalue weighted by Crippen LogP contribution is 2.31. The number of rotatable bonds is 5. The van der Waals surface area contributed by atoms with Gasteiger partial charge in [-0.15, -0.1) is 0 Å². The van der Waals surface area contributed by atoms with Crippen molar-refractivity contribution in [3.05, 3.63) is 46.4 Å². The molecule has 0 saturated carbocycles. The largest absolute Gasteiger partial charge is 0.467 e. The Hall–Kier alpha value is -2.04. The summed E-state index contributed by atoms with van der Waals surface area (Å²) >= 11 is 0. The molecular weight excluding hydrogens is 242 g/mol. The Labute approximate surface area is 111 Å². The Balaban J connectivity index is 1.82. The van der Waals surface area contributed by atoms with E-state index in [2.05, 4.69) is 17.2 Å². The van der Waals surface area contributed by atoms with Crippen molar-refractivity contribution in [3.63, 3.8) is 0 Å². The van der Waals surface area contributed by atoms with Crippen molar-refractivity contribution in [2.24, 2.45) is 0 Å². The number of aromatic nitrogens is 2. The minimum absolute atomic E-state index is 0.177. The maximum absolute atomic E-state index is 11.8. The van der Waals surface area contributed by atoms with E-state index in [9.17, 15) is 4.79 Å². The lowest BCUT2D eigenvalue weighted by Crippen LogP contribution is -2.20. The maximum atomic E-state index is 11.8. The van der Waals surface area contributed by atoms with Gasteiger partial charge in [-0.1, -0.05) is 13.3 Å². The van der Waals surface area contributed by atoms with Gasteiger partial charge in [0.15, 0.2) is 0 Å². The first kappa shape index (κ1) is 12.0. The SMILES string of the molecule is CCCC1Cn2cc1c(NCc1ccco1)nc2=O. The van der Waals surface area contributed by atoms with Gasteiger partial charge in [-0.25, -0.2) is 4.79 Å².